The second-order valence-electron chi connectivity index (χ2n) is 5.43. The monoisotopic (exact) mass is 362 g/mol. The quantitative estimate of drug-likeness (QED) is 0.598. The van der Waals surface area contributed by atoms with Crippen LogP contribution in [-0.4, -0.2) is 25.3 Å². The molecule has 0 saturated carbocycles. The van der Waals surface area contributed by atoms with Crippen molar-refractivity contribution in [3.8, 4) is 11.5 Å². The van der Waals surface area contributed by atoms with Crippen LogP contribution in [0, 0.1) is 0 Å². The summed E-state index contributed by atoms with van der Waals surface area (Å²) in [6, 6.07) is 11.7. The first kappa shape index (κ1) is 19.4. The molecule has 1 N–H and O–H groups in total. The molecule has 0 saturated heterocycles. The minimum atomic E-state index is -2.94. The van der Waals surface area contributed by atoms with Gasteiger partial charge in [-0.05, 0) is 49.2 Å². The zero-order valence-corrected chi connectivity index (χ0v) is 14.8. The molecule has 0 aliphatic heterocycles. The standard InChI is InChI=1S/C19H20F2N2O3/c1-4-13-5-7-14(8-6-13)18(24)23-22-12(2)15-9-10-16(26-19(20)21)17(11-15)25-3/h5-11,19H,4H2,1-3H3,(H,23,24)/b22-12-. The molecule has 0 aromatic heterocycles. The lowest BCUT2D eigenvalue weighted by Gasteiger charge is -2.11. The summed E-state index contributed by atoms with van der Waals surface area (Å²) in [5, 5.41) is 4.05. The third kappa shape index (κ3) is 5.02. The molecule has 0 spiro atoms. The topological polar surface area (TPSA) is 59.9 Å². The molecule has 0 bridgehead atoms. The fraction of sp³-hybridized carbons (Fsp3) is 0.263. The molecular formula is C19H20F2N2O3. The maximum atomic E-state index is 12.4. The van der Waals surface area contributed by atoms with Crippen LogP contribution in [0.1, 0.15) is 35.3 Å². The number of aryl methyl sites for hydroxylation is 1. The van der Waals surface area contributed by atoms with Gasteiger partial charge in [0.25, 0.3) is 5.91 Å². The van der Waals surface area contributed by atoms with Gasteiger partial charge in [-0.1, -0.05) is 19.1 Å². The van der Waals surface area contributed by atoms with E-state index in [0.29, 0.717) is 16.8 Å². The predicted molar refractivity (Wildman–Crippen MR) is 95.1 cm³/mol. The van der Waals surface area contributed by atoms with E-state index in [1.807, 2.05) is 19.1 Å². The van der Waals surface area contributed by atoms with Gasteiger partial charge in [0.15, 0.2) is 11.5 Å². The largest absolute Gasteiger partial charge is 0.493 e. The van der Waals surface area contributed by atoms with Gasteiger partial charge in [0.2, 0.25) is 0 Å². The number of hydrazone groups is 1. The first-order chi connectivity index (χ1) is 12.4. The Bertz CT molecular complexity index is 790. The lowest BCUT2D eigenvalue weighted by atomic mass is 10.1. The van der Waals surface area contributed by atoms with Gasteiger partial charge in [0.05, 0.1) is 12.8 Å². The number of hydrogen-bond donors (Lipinski definition) is 1. The van der Waals surface area contributed by atoms with Gasteiger partial charge in [0, 0.05) is 11.1 Å². The molecule has 0 unspecified atom stereocenters. The van der Waals surface area contributed by atoms with Crippen LogP contribution in [-0.2, 0) is 6.42 Å². The van der Waals surface area contributed by atoms with E-state index < -0.39 is 6.61 Å². The molecule has 0 aliphatic carbocycles. The number of benzene rings is 2. The number of nitrogens with zero attached hydrogens (tertiary/aromatic N) is 1. The molecule has 0 radical (unpaired) electrons. The molecular weight excluding hydrogens is 342 g/mol. The van der Waals surface area contributed by atoms with Gasteiger partial charge in [-0.25, -0.2) is 5.43 Å². The van der Waals surface area contributed by atoms with Gasteiger partial charge in [-0.3, -0.25) is 4.79 Å². The summed E-state index contributed by atoms with van der Waals surface area (Å²) in [4.78, 5) is 12.1. The number of methoxy groups -OCH3 is 1. The number of carbonyl (C=O) groups is 1. The van der Waals surface area contributed by atoms with E-state index in [9.17, 15) is 13.6 Å². The van der Waals surface area contributed by atoms with Crippen molar-refractivity contribution < 1.29 is 23.0 Å². The summed E-state index contributed by atoms with van der Waals surface area (Å²) < 4.78 is 34.2. The number of nitrogens with one attached hydrogen (secondary N) is 1. The number of amides is 1. The Morgan fingerprint density at radius 1 is 1.12 bits per heavy atom. The van der Waals surface area contributed by atoms with E-state index in [4.69, 9.17) is 4.74 Å². The first-order valence-electron chi connectivity index (χ1n) is 8.01. The van der Waals surface area contributed by atoms with Gasteiger partial charge in [-0.2, -0.15) is 13.9 Å². The fourth-order valence-electron chi connectivity index (χ4n) is 2.24. The van der Waals surface area contributed by atoms with Crippen molar-refractivity contribution in [3.05, 3.63) is 59.2 Å². The average Bonchev–Trinajstić information content (AvgIpc) is 2.65. The molecule has 5 nitrogen and oxygen atoms in total. The van der Waals surface area contributed by atoms with Crippen LogP contribution >= 0.6 is 0 Å². The van der Waals surface area contributed by atoms with Gasteiger partial charge in [-0.15, -0.1) is 0 Å². The molecule has 2 aromatic rings. The van der Waals surface area contributed by atoms with Crippen molar-refractivity contribution in [3.63, 3.8) is 0 Å². The number of rotatable bonds is 7. The summed E-state index contributed by atoms with van der Waals surface area (Å²) in [5.41, 5.74) is 5.20. The number of ether oxygens (including phenoxy) is 2. The minimum Gasteiger partial charge on any atom is -0.493 e. The number of carbonyl (C=O) groups excluding carboxylic acids is 1. The lowest BCUT2D eigenvalue weighted by molar-refractivity contribution is -0.0512. The van der Waals surface area contributed by atoms with E-state index in [-0.39, 0.29) is 17.4 Å². The zero-order chi connectivity index (χ0) is 19.1. The van der Waals surface area contributed by atoms with Crippen LogP contribution in [0.25, 0.3) is 0 Å². The van der Waals surface area contributed by atoms with E-state index in [1.165, 1.54) is 19.2 Å². The molecule has 0 heterocycles. The molecule has 7 heteroatoms. The summed E-state index contributed by atoms with van der Waals surface area (Å²) in [6.45, 7) is 0.778. The molecule has 0 atom stereocenters. The van der Waals surface area contributed by atoms with E-state index in [1.54, 1.807) is 25.1 Å². The van der Waals surface area contributed by atoms with Crippen LogP contribution < -0.4 is 14.9 Å². The summed E-state index contributed by atoms with van der Waals surface area (Å²) in [7, 11) is 1.35. The molecule has 0 aliphatic rings. The van der Waals surface area contributed by atoms with Gasteiger partial charge >= 0.3 is 6.61 Å². The highest BCUT2D eigenvalue weighted by atomic mass is 19.3. The molecule has 138 valence electrons. The summed E-state index contributed by atoms with van der Waals surface area (Å²) in [5.74, 6) is -0.255. The lowest BCUT2D eigenvalue weighted by Crippen LogP contribution is -2.19. The van der Waals surface area contributed by atoms with Crippen molar-refractivity contribution >= 4 is 11.6 Å². The Morgan fingerprint density at radius 2 is 1.77 bits per heavy atom. The highest BCUT2D eigenvalue weighted by Gasteiger charge is 2.12. The van der Waals surface area contributed by atoms with Crippen molar-refractivity contribution in [2.24, 2.45) is 5.10 Å². The summed E-state index contributed by atoms with van der Waals surface area (Å²) >= 11 is 0. The SMILES string of the molecule is CCc1ccc(C(=O)N/N=C(/C)c2ccc(OC(F)F)c(OC)c2)cc1. The highest BCUT2D eigenvalue weighted by Crippen LogP contribution is 2.29. The molecule has 0 fully saturated rings. The van der Waals surface area contributed by atoms with Gasteiger partial charge in [0.1, 0.15) is 0 Å². The van der Waals surface area contributed by atoms with Crippen LogP contribution in [0.15, 0.2) is 47.6 Å². The number of alkyl halides is 2. The highest BCUT2D eigenvalue weighted by molar-refractivity contribution is 6.01. The third-order valence-electron chi connectivity index (χ3n) is 3.75. The van der Waals surface area contributed by atoms with Crippen LogP contribution in [0.5, 0.6) is 11.5 Å². The Labute approximate surface area is 150 Å². The predicted octanol–water partition coefficient (Wildman–Crippen LogP) is 4.01. The minimum absolute atomic E-state index is 0.0703. The van der Waals surface area contributed by atoms with Crippen molar-refractivity contribution in [2.45, 2.75) is 26.9 Å². The second-order valence-corrected chi connectivity index (χ2v) is 5.43. The Kier molecular flexibility index (Phi) is 6.66. The normalized spacial score (nSPS) is 11.4. The zero-order valence-electron chi connectivity index (χ0n) is 14.8. The maximum Gasteiger partial charge on any atom is 0.387 e. The van der Waals surface area contributed by atoms with Crippen LogP contribution in [0.3, 0.4) is 0 Å². The van der Waals surface area contributed by atoms with Crippen LogP contribution in [0.2, 0.25) is 0 Å². The first-order valence-corrected chi connectivity index (χ1v) is 8.01. The Morgan fingerprint density at radius 3 is 2.35 bits per heavy atom. The third-order valence-corrected chi connectivity index (χ3v) is 3.75. The van der Waals surface area contributed by atoms with Crippen molar-refractivity contribution in [1.29, 1.82) is 0 Å². The van der Waals surface area contributed by atoms with E-state index in [2.05, 4.69) is 15.3 Å². The molecule has 2 rings (SSSR count). The number of hydrogen-bond acceptors (Lipinski definition) is 4. The second kappa shape index (κ2) is 8.94. The van der Waals surface area contributed by atoms with Gasteiger partial charge < -0.3 is 9.47 Å². The smallest absolute Gasteiger partial charge is 0.387 e. The van der Waals surface area contributed by atoms with Crippen molar-refractivity contribution in [2.75, 3.05) is 7.11 Å². The molecule has 2 aromatic carbocycles. The summed E-state index contributed by atoms with van der Waals surface area (Å²) in [6.07, 6.45) is 0.895. The van der Waals surface area contributed by atoms with Crippen LogP contribution in [0.4, 0.5) is 8.78 Å². The van der Waals surface area contributed by atoms with Crippen molar-refractivity contribution in [1.82, 2.24) is 5.43 Å². The van der Waals surface area contributed by atoms with E-state index in [0.717, 1.165) is 12.0 Å². The fourth-order valence-corrected chi connectivity index (χ4v) is 2.24. The maximum absolute atomic E-state index is 12.4. The molecule has 26 heavy (non-hydrogen) atoms. The average molecular weight is 362 g/mol. The Balaban J connectivity index is 2.11. The van der Waals surface area contributed by atoms with E-state index >= 15 is 0 Å². The molecule has 1 amide bonds. The number of halogens is 2. The Hall–Kier alpha value is -2.96.